The van der Waals surface area contributed by atoms with Crippen molar-refractivity contribution in [3.05, 3.63) is 29.1 Å². The number of aromatic hydroxyl groups is 1. The Balaban J connectivity index is 2.68. The molecule has 13 heavy (non-hydrogen) atoms. The molecule has 0 amide bonds. The molecule has 2 aromatic rings. The Kier molecular flexibility index (Phi) is 1.96. The first-order valence-electron chi connectivity index (χ1n) is 4.04. The average molecular weight is 196 g/mol. The van der Waals surface area contributed by atoms with Crippen LogP contribution in [0.25, 0.3) is 10.1 Å². The molecule has 0 bridgehead atoms. The fourth-order valence-corrected chi connectivity index (χ4v) is 2.27. The van der Waals surface area contributed by atoms with E-state index in [0.29, 0.717) is 4.88 Å². The zero-order valence-electron chi connectivity index (χ0n) is 7.12. The lowest BCUT2D eigenvalue weighted by Crippen LogP contribution is -1.75. The van der Waals surface area contributed by atoms with E-state index < -0.39 is 6.17 Å². The number of rotatable bonds is 1. The molecule has 1 nitrogen and oxygen atoms in total. The molecule has 0 spiro atoms. The van der Waals surface area contributed by atoms with E-state index in [9.17, 15) is 9.50 Å². The second kappa shape index (κ2) is 3.00. The van der Waals surface area contributed by atoms with Crippen LogP contribution in [0.5, 0.6) is 5.75 Å². The Morgan fingerprint density at radius 2 is 2.23 bits per heavy atom. The molecule has 0 fully saturated rings. The first kappa shape index (κ1) is 8.51. The molecular weight excluding hydrogens is 187 g/mol. The maximum Gasteiger partial charge on any atom is 0.131 e. The van der Waals surface area contributed by atoms with Gasteiger partial charge < -0.3 is 5.11 Å². The molecule has 0 aliphatic rings. The number of thiophene rings is 1. The second-order valence-electron chi connectivity index (χ2n) is 2.95. The van der Waals surface area contributed by atoms with E-state index in [1.54, 1.807) is 18.2 Å². The molecular formula is C10H9FOS. The van der Waals surface area contributed by atoms with Gasteiger partial charge in [0.2, 0.25) is 0 Å². The van der Waals surface area contributed by atoms with E-state index in [2.05, 4.69) is 0 Å². The van der Waals surface area contributed by atoms with Gasteiger partial charge in [-0.05, 0) is 25.1 Å². The number of hydrogen-bond acceptors (Lipinski definition) is 2. The smallest absolute Gasteiger partial charge is 0.131 e. The molecule has 0 radical (unpaired) electrons. The summed E-state index contributed by atoms with van der Waals surface area (Å²) < 4.78 is 13.9. The number of halogens is 1. The van der Waals surface area contributed by atoms with Crippen LogP contribution in [0.4, 0.5) is 4.39 Å². The minimum Gasteiger partial charge on any atom is -0.507 e. The molecule has 1 unspecified atom stereocenters. The summed E-state index contributed by atoms with van der Waals surface area (Å²) in [6, 6.07) is 6.97. The first-order valence-corrected chi connectivity index (χ1v) is 4.85. The maximum absolute atomic E-state index is 12.9. The van der Waals surface area contributed by atoms with Gasteiger partial charge in [-0.15, -0.1) is 11.3 Å². The van der Waals surface area contributed by atoms with E-state index in [-0.39, 0.29) is 5.75 Å². The van der Waals surface area contributed by atoms with Crippen LogP contribution in [0.3, 0.4) is 0 Å². The number of phenolic OH excluding ortho intramolecular Hbond substituents is 1. The van der Waals surface area contributed by atoms with Gasteiger partial charge in [0.1, 0.15) is 11.9 Å². The highest BCUT2D eigenvalue weighted by Crippen LogP contribution is 2.35. The van der Waals surface area contributed by atoms with Gasteiger partial charge >= 0.3 is 0 Å². The molecule has 2 rings (SSSR count). The molecule has 1 aromatic heterocycles. The van der Waals surface area contributed by atoms with Crippen molar-refractivity contribution < 1.29 is 9.50 Å². The lowest BCUT2D eigenvalue weighted by Gasteiger charge is -1.92. The normalized spacial score (nSPS) is 13.4. The van der Waals surface area contributed by atoms with Gasteiger partial charge in [-0.3, -0.25) is 0 Å². The summed E-state index contributed by atoms with van der Waals surface area (Å²) in [4.78, 5) is 0.663. The van der Waals surface area contributed by atoms with E-state index in [4.69, 9.17) is 0 Å². The molecule has 0 saturated carbocycles. The third kappa shape index (κ3) is 1.40. The van der Waals surface area contributed by atoms with Crippen LogP contribution in [0, 0.1) is 0 Å². The van der Waals surface area contributed by atoms with Crippen LogP contribution in [0.15, 0.2) is 24.3 Å². The summed E-state index contributed by atoms with van der Waals surface area (Å²) in [6.07, 6.45) is -0.961. The molecule has 3 heteroatoms. The van der Waals surface area contributed by atoms with Crippen LogP contribution >= 0.6 is 11.3 Å². The number of fused-ring (bicyclic) bond motifs is 1. The second-order valence-corrected chi connectivity index (χ2v) is 4.07. The lowest BCUT2D eigenvalue weighted by molar-refractivity contribution is 0.380. The fourth-order valence-electron chi connectivity index (χ4n) is 1.26. The van der Waals surface area contributed by atoms with E-state index >= 15 is 0 Å². The van der Waals surface area contributed by atoms with Crippen LogP contribution < -0.4 is 0 Å². The van der Waals surface area contributed by atoms with Crippen LogP contribution in [0.1, 0.15) is 18.0 Å². The fraction of sp³-hybridized carbons (Fsp3) is 0.200. The maximum atomic E-state index is 12.9. The molecule has 0 aliphatic carbocycles. The van der Waals surface area contributed by atoms with Gasteiger partial charge in [-0.1, -0.05) is 6.07 Å². The summed E-state index contributed by atoms with van der Waals surface area (Å²) in [5.74, 6) is 0.223. The molecule has 0 aliphatic heterocycles. The Bertz CT molecular complexity index is 433. The minimum absolute atomic E-state index is 0.223. The van der Waals surface area contributed by atoms with Crippen molar-refractivity contribution >= 4 is 21.4 Å². The van der Waals surface area contributed by atoms with Crippen molar-refractivity contribution in [2.75, 3.05) is 0 Å². The van der Waals surface area contributed by atoms with Gasteiger partial charge in [0.25, 0.3) is 0 Å². The molecule has 1 N–H and O–H groups in total. The van der Waals surface area contributed by atoms with Crippen molar-refractivity contribution in [3.8, 4) is 5.75 Å². The Morgan fingerprint density at radius 1 is 1.46 bits per heavy atom. The quantitative estimate of drug-likeness (QED) is 0.738. The molecule has 1 heterocycles. The molecule has 68 valence electrons. The van der Waals surface area contributed by atoms with Gasteiger partial charge in [-0.2, -0.15) is 0 Å². The zero-order chi connectivity index (χ0) is 9.42. The highest BCUT2D eigenvalue weighted by molar-refractivity contribution is 7.19. The van der Waals surface area contributed by atoms with Crippen LogP contribution in [-0.4, -0.2) is 5.11 Å². The van der Waals surface area contributed by atoms with E-state index in [0.717, 1.165) is 10.1 Å². The third-order valence-corrected chi connectivity index (χ3v) is 3.20. The number of alkyl halides is 1. The monoisotopic (exact) mass is 196 g/mol. The SMILES string of the molecule is CC(F)c1cc2c(O)cccc2s1. The highest BCUT2D eigenvalue weighted by Gasteiger charge is 2.09. The van der Waals surface area contributed by atoms with Crippen molar-refractivity contribution in [3.63, 3.8) is 0 Å². The van der Waals surface area contributed by atoms with Gasteiger partial charge in [-0.25, -0.2) is 4.39 Å². The molecule has 1 atom stereocenters. The van der Waals surface area contributed by atoms with Gasteiger partial charge in [0, 0.05) is 15.0 Å². The van der Waals surface area contributed by atoms with Crippen LogP contribution in [0.2, 0.25) is 0 Å². The van der Waals surface area contributed by atoms with Gasteiger partial charge in [0.15, 0.2) is 0 Å². The largest absolute Gasteiger partial charge is 0.507 e. The van der Waals surface area contributed by atoms with Crippen molar-refractivity contribution in [1.29, 1.82) is 0 Å². The molecule has 1 aromatic carbocycles. The number of phenols is 1. The van der Waals surface area contributed by atoms with E-state index in [1.807, 2.05) is 6.07 Å². The van der Waals surface area contributed by atoms with Crippen molar-refractivity contribution in [2.45, 2.75) is 13.1 Å². The standard InChI is InChI=1S/C10H9FOS/c1-6(11)10-5-7-8(12)3-2-4-9(7)13-10/h2-6,12H,1H3. The topological polar surface area (TPSA) is 20.2 Å². The minimum atomic E-state index is -0.961. The third-order valence-electron chi connectivity index (χ3n) is 1.95. The van der Waals surface area contributed by atoms with Crippen molar-refractivity contribution in [1.82, 2.24) is 0 Å². The van der Waals surface area contributed by atoms with Crippen LogP contribution in [-0.2, 0) is 0 Å². The summed E-state index contributed by atoms with van der Waals surface area (Å²) in [5.41, 5.74) is 0. The summed E-state index contributed by atoms with van der Waals surface area (Å²) >= 11 is 1.38. The molecule has 0 saturated heterocycles. The summed E-state index contributed by atoms with van der Waals surface area (Å²) in [5, 5.41) is 10.2. The van der Waals surface area contributed by atoms with Gasteiger partial charge in [0.05, 0.1) is 0 Å². The highest BCUT2D eigenvalue weighted by atomic mass is 32.1. The Labute approximate surface area is 79.4 Å². The van der Waals surface area contributed by atoms with E-state index in [1.165, 1.54) is 18.3 Å². The number of benzene rings is 1. The first-order chi connectivity index (χ1) is 6.18. The van der Waals surface area contributed by atoms with Crippen molar-refractivity contribution in [2.24, 2.45) is 0 Å². The summed E-state index contributed by atoms with van der Waals surface area (Å²) in [6.45, 7) is 1.50. The Hall–Kier alpha value is -1.09. The predicted octanol–water partition coefficient (Wildman–Crippen LogP) is 3.64. The number of hydrogen-bond donors (Lipinski definition) is 1. The predicted molar refractivity (Wildman–Crippen MR) is 53.0 cm³/mol. The Morgan fingerprint density at radius 3 is 2.85 bits per heavy atom. The zero-order valence-corrected chi connectivity index (χ0v) is 7.94. The summed E-state index contributed by atoms with van der Waals surface area (Å²) in [7, 11) is 0. The lowest BCUT2D eigenvalue weighted by atomic mass is 10.2. The average Bonchev–Trinajstić information content (AvgIpc) is 2.49.